The van der Waals surface area contributed by atoms with Gasteiger partial charge in [-0.1, -0.05) is 12.1 Å². The van der Waals surface area contributed by atoms with E-state index in [1.54, 1.807) is 19.5 Å². The minimum absolute atomic E-state index is 0. The van der Waals surface area contributed by atoms with Gasteiger partial charge in [-0.2, -0.15) is 0 Å². The largest absolute Gasteiger partial charge is 0.497 e. The van der Waals surface area contributed by atoms with Crippen LogP contribution in [0.3, 0.4) is 0 Å². The van der Waals surface area contributed by atoms with Crippen molar-refractivity contribution in [3.05, 3.63) is 48.3 Å². The van der Waals surface area contributed by atoms with Gasteiger partial charge in [0.25, 0.3) is 0 Å². The number of guanidine groups is 1. The Kier molecular flexibility index (Phi) is 8.92. The number of halogens is 1. The number of piperazine rings is 1. The first-order valence-electron chi connectivity index (χ1n) is 10.9. The van der Waals surface area contributed by atoms with Gasteiger partial charge in [0, 0.05) is 70.8 Å². The second kappa shape index (κ2) is 11.6. The topological polar surface area (TPSA) is 75.1 Å². The van der Waals surface area contributed by atoms with Crippen molar-refractivity contribution in [1.29, 1.82) is 0 Å². The molecule has 0 aliphatic carbocycles. The third kappa shape index (κ3) is 5.61. The van der Waals surface area contributed by atoms with E-state index < -0.39 is 0 Å². The van der Waals surface area contributed by atoms with Crippen molar-refractivity contribution in [2.24, 2.45) is 4.99 Å². The number of hydrogen-bond acceptors (Lipinski definition) is 6. The normalized spacial score (nSPS) is 18.6. The number of nitrogens with one attached hydrogen (secondary N) is 1. The van der Waals surface area contributed by atoms with E-state index in [4.69, 9.17) is 9.47 Å². The molecule has 1 aromatic heterocycles. The van der Waals surface area contributed by atoms with Gasteiger partial charge in [-0.25, -0.2) is 9.97 Å². The smallest absolute Gasteiger partial charge is 0.225 e. The minimum atomic E-state index is 0. The van der Waals surface area contributed by atoms with Crippen molar-refractivity contribution in [2.45, 2.75) is 18.3 Å². The molecular formula is C23H33IN6O2. The number of nitrogens with zero attached hydrogens (tertiary/aromatic N) is 5. The number of rotatable bonds is 5. The second-order valence-electron chi connectivity index (χ2n) is 8.04. The molecule has 0 atom stereocenters. The molecule has 32 heavy (non-hydrogen) atoms. The standard InChI is InChI=1S/C23H32N6O2.HI/c1-24-21(28-12-14-29(15-13-28)22-25-10-3-11-26-22)27-18-23(8-16-31-17-9-23)19-4-6-20(30-2)7-5-19;/h3-7,10-11H,8-9,12-18H2,1-2H3,(H,24,27);1H. The van der Waals surface area contributed by atoms with E-state index in [0.717, 1.165) is 76.4 Å². The summed E-state index contributed by atoms with van der Waals surface area (Å²) >= 11 is 0. The molecule has 0 bridgehead atoms. The summed E-state index contributed by atoms with van der Waals surface area (Å²) in [4.78, 5) is 17.9. The number of methoxy groups -OCH3 is 1. The monoisotopic (exact) mass is 552 g/mol. The molecule has 8 nitrogen and oxygen atoms in total. The lowest BCUT2D eigenvalue weighted by Crippen LogP contribution is -2.55. The first-order chi connectivity index (χ1) is 15.2. The van der Waals surface area contributed by atoms with Crippen molar-refractivity contribution >= 4 is 35.9 Å². The van der Waals surface area contributed by atoms with Crippen LogP contribution in [-0.2, 0) is 10.2 Å². The zero-order valence-corrected chi connectivity index (χ0v) is 21.2. The van der Waals surface area contributed by atoms with E-state index in [-0.39, 0.29) is 29.4 Å². The molecule has 2 aliphatic heterocycles. The van der Waals surface area contributed by atoms with Crippen LogP contribution in [0.25, 0.3) is 0 Å². The average molecular weight is 552 g/mol. The van der Waals surface area contributed by atoms with Gasteiger partial charge in [-0.3, -0.25) is 4.99 Å². The summed E-state index contributed by atoms with van der Waals surface area (Å²) in [6.45, 7) is 5.92. The lowest BCUT2D eigenvalue weighted by molar-refractivity contribution is 0.0511. The van der Waals surface area contributed by atoms with Crippen molar-refractivity contribution in [3.63, 3.8) is 0 Å². The van der Waals surface area contributed by atoms with Gasteiger partial charge in [0.1, 0.15) is 5.75 Å². The van der Waals surface area contributed by atoms with Crippen LogP contribution in [0.4, 0.5) is 5.95 Å². The van der Waals surface area contributed by atoms with Gasteiger partial charge in [0.2, 0.25) is 5.95 Å². The Balaban J connectivity index is 0.00000289. The Labute approximate surface area is 207 Å². The van der Waals surface area contributed by atoms with Gasteiger partial charge in [0.15, 0.2) is 5.96 Å². The van der Waals surface area contributed by atoms with Crippen molar-refractivity contribution in [2.75, 3.05) is 65.0 Å². The van der Waals surface area contributed by atoms with Crippen LogP contribution in [-0.4, -0.2) is 80.9 Å². The SMILES string of the molecule is CN=C(NCC1(c2ccc(OC)cc2)CCOCC1)N1CCN(c2ncccn2)CC1.I. The highest BCUT2D eigenvalue weighted by atomic mass is 127. The van der Waals surface area contributed by atoms with E-state index in [1.165, 1.54) is 5.56 Å². The third-order valence-electron chi connectivity index (χ3n) is 6.36. The fourth-order valence-corrected chi connectivity index (χ4v) is 4.43. The fourth-order valence-electron chi connectivity index (χ4n) is 4.43. The summed E-state index contributed by atoms with van der Waals surface area (Å²) in [5.41, 5.74) is 1.35. The number of aromatic nitrogens is 2. The molecule has 1 N–H and O–H groups in total. The predicted octanol–water partition coefficient (Wildman–Crippen LogP) is 2.55. The maximum Gasteiger partial charge on any atom is 0.225 e. The van der Waals surface area contributed by atoms with E-state index in [2.05, 4.69) is 42.2 Å². The quantitative estimate of drug-likeness (QED) is 0.347. The predicted molar refractivity (Wildman–Crippen MR) is 137 cm³/mol. The summed E-state index contributed by atoms with van der Waals surface area (Å²) < 4.78 is 11.0. The molecule has 1 aromatic carbocycles. The molecule has 2 aliphatic rings. The number of hydrogen-bond donors (Lipinski definition) is 1. The van der Waals surface area contributed by atoms with Gasteiger partial charge in [-0.15, -0.1) is 24.0 Å². The summed E-state index contributed by atoms with van der Waals surface area (Å²) in [5, 5.41) is 3.67. The minimum Gasteiger partial charge on any atom is -0.497 e. The highest BCUT2D eigenvalue weighted by molar-refractivity contribution is 14.0. The van der Waals surface area contributed by atoms with Crippen molar-refractivity contribution in [1.82, 2.24) is 20.2 Å². The summed E-state index contributed by atoms with van der Waals surface area (Å²) in [6, 6.07) is 10.3. The van der Waals surface area contributed by atoms with Crippen LogP contribution in [0.5, 0.6) is 5.75 Å². The molecular weight excluding hydrogens is 519 g/mol. The zero-order chi connectivity index (χ0) is 21.5. The van der Waals surface area contributed by atoms with Gasteiger partial charge in [-0.05, 0) is 36.6 Å². The van der Waals surface area contributed by atoms with E-state index in [9.17, 15) is 0 Å². The summed E-state index contributed by atoms with van der Waals surface area (Å²) in [6.07, 6.45) is 5.56. The molecule has 2 saturated heterocycles. The Morgan fingerprint density at radius 3 is 2.34 bits per heavy atom. The van der Waals surface area contributed by atoms with Gasteiger partial charge >= 0.3 is 0 Å². The van der Waals surface area contributed by atoms with Crippen molar-refractivity contribution in [3.8, 4) is 5.75 Å². The fraction of sp³-hybridized carbons (Fsp3) is 0.522. The van der Waals surface area contributed by atoms with Gasteiger partial charge < -0.3 is 24.6 Å². The highest BCUT2D eigenvalue weighted by Crippen LogP contribution is 2.35. The Morgan fingerprint density at radius 2 is 1.75 bits per heavy atom. The molecule has 4 rings (SSSR count). The number of benzene rings is 1. The average Bonchev–Trinajstić information content (AvgIpc) is 2.86. The molecule has 0 spiro atoms. The van der Waals surface area contributed by atoms with Crippen LogP contribution < -0.4 is 15.0 Å². The van der Waals surface area contributed by atoms with Crippen LogP contribution in [0.1, 0.15) is 18.4 Å². The van der Waals surface area contributed by atoms with E-state index in [0.29, 0.717) is 0 Å². The lowest BCUT2D eigenvalue weighted by Gasteiger charge is -2.40. The molecule has 2 aromatic rings. The first kappa shape index (κ1) is 24.5. The van der Waals surface area contributed by atoms with Crippen LogP contribution in [0, 0.1) is 0 Å². The molecule has 0 amide bonds. The van der Waals surface area contributed by atoms with Crippen LogP contribution in [0.2, 0.25) is 0 Å². The number of ether oxygens (including phenoxy) is 2. The summed E-state index contributed by atoms with van der Waals surface area (Å²) in [5.74, 6) is 2.63. The molecule has 9 heteroatoms. The molecule has 0 saturated carbocycles. The Bertz CT molecular complexity index is 851. The van der Waals surface area contributed by atoms with Crippen LogP contribution in [0.15, 0.2) is 47.7 Å². The maximum atomic E-state index is 5.68. The number of anilines is 1. The molecule has 0 unspecified atom stereocenters. The lowest BCUT2D eigenvalue weighted by atomic mass is 9.74. The first-order valence-corrected chi connectivity index (χ1v) is 10.9. The van der Waals surface area contributed by atoms with Gasteiger partial charge in [0.05, 0.1) is 7.11 Å². The second-order valence-corrected chi connectivity index (χ2v) is 8.04. The molecule has 2 fully saturated rings. The third-order valence-corrected chi connectivity index (χ3v) is 6.36. The van der Waals surface area contributed by atoms with E-state index in [1.807, 2.05) is 25.2 Å². The molecule has 0 radical (unpaired) electrons. The molecule has 174 valence electrons. The van der Waals surface area contributed by atoms with E-state index >= 15 is 0 Å². The summed E-state index contributed by atoms with van der Waals surface area (Å²) in [7, 11) is 3.56. The highest BCUT2D eigenvalue weighted by Gasteiger charge is 2.35. The molecule has 3 heterocycles. The van der Waals surface area contributed by atoms with Crippen LogP contribution >= 0.6 is 24.0 Å². The number of aliphatic imine (C=N–C) groups is 1. The zero-order valence-electron chi connectivity index (χ0n) is 18.9. The van der Waals surface area contributed by atoms with Crippen molar-refractivity contribution < 1.29 is 9.47 Å². The Hall–Kier alpha value is -2.14. The Morgan fingerprint density at radius 1 is 1.09 bits per heavy atom. The maximum absolute atomic E-state index is 5.68.